The second-order valence-electron chi connectivity index (χ2n) is 10.6. The molecule has 1 saturated carbocycles. The van der Waals surface area contributed by atoms with Gasteiger partial charge in [0.25, 0.3) is 5.91 Å². The average molecular weight is 511 g/mol. The maximum atomic E-state index is 13.8. The molecule has 1 aliphatic heterocycles. The lowest BCUT2D eigenvalue weighted by Gasteiger charge is -2.31. The van der Waals surface area contributed by atoms with Gasteiger partial charge < -0.3 is 15.2 Å². The Morgan fingerprint density at radius 2 is 1.82 bits per heavy atom. The van der Waals surface area contributed by atoms with Crippen molar-refractivity contribution < 1.29 is 14.4 Å². The van der Waals surface area contributed by atoms with E-state index in [1.807, 2.05) is 53.4 Å². The first-order valence-corrected chi connectivity index (χ1v) is 13.2. The Hall–Kier alpha value is -4.20. The molecule has 1 aromatic heterocycles. The molecule has 2 heterocycles. The number of aromatic amines is 1. The molecule has 2 aromatic carbocycles. The van der Waals surface area contributed by atoms with E-state index in [0.717, 1.165) is 45.6 Å². The smallest absolute Gasteiger partial charge is 0.325 e. The molecule has 2 atom stereocenters. The number of hydrogen-bond donors (Lipinski definition) is 2. The van der Waals surface area contributed by atoms with Crippen LogP contribution in [0.15, 0.2) is 71.7 Å². The molecule has 1 saturated heterocycles. The molecule has 6 rings (SSSR count). The van der Waals surface area contributed by atoms with Gasteiger partial charge in [-0.15, -0.1) is 0 Å². The summed E-state index contributed by atoms with van der Waals surface area (Å²) in [4.78, 5) is 57.4. The normalized spacial score (nSPS) is 20.9. The van der Waals surface area contributed by atoms with Crippen LogP contribution in [0.25, 0.3) is 11.1 Å². The van der Waals surface area contributed by atoms with Gasteiger partial charge in [0.1, 0.15) is 12.1 Å². The fraction of sp³-hybridized carbons (Fsp3) is 0.333. The molecule has 8 heteroatoms. The molecule has 1 spiro atoms. The Kier molecular flexibility index (Phi) is 5.90. The molecule has 0 bridgehead atoms. The van der Waals surface area contributed by atoms with Gasteiger partial charge >= 0.3 is 6.03 Å². The van der Waals surface area contributed by atoms with Gasteiger partial charge in [-0.05, 0) is 72.4 Å². The van der Waals surface area contributed by atoms with Gasteiger partial charge in [0.05, 0.1) is 0 Å². The van der Waals surface area contributed by atoms with Crippen LogP contribution in [0.1, 0.15) is 42.9 Å². The summed E-state index contributed by atoms with van der Waals surface area (Å²) in [5.74, 6) is -0.138. The summed E-state index contributed by atoms with van der Waals surface area (Å²) in [6.07, 6.45) is 4.90. The highest BCUT2D eigenvalue weighted by molar-refractivity contribution is 6.10. The predicted octanol–water partition coefficient (Wildman–Crippen LogP) is 3.56. The van der Waals surface area contributed by atoms with E-state index < -0.39 is 11.6 Å². The molecule has 8 nitrogen and oxygen atoms in total. The highest BCUT2D eigenvalue weighted by Crippen LogP contribution is 2.43. The van der Waals surface area contributed by atoms with Crippen LogP contribution in [0.5, 0.6) is 0 Å². The van der Waals surface area contributed by atoms with E-state index in [1.165, 1.54) is 6.07 Å². The third-order valence-electron chi connectivity index (χ3n) is 8.23. The van der Waals surface area contributed by atoms with E-state index in [0.29, 0.717) is 25.3 Å². The topological polar surface area (TPSA) is 103 Å². The number of carbonyl (C=O) groups is 3. The number of carbonyl (C=O) groups excluding carboxylic acids is 3. The predicted molar refractivity (Wildman–Crippen MR) is 142 cm³/mol. The van der Waals surface area contributed by atoms with Crippen LogP contribution in [0, 0.1) is 5.92 Å². The number of H-pyrrole nitrogens is 1. The first-order chi connectivity index (χ1) is 18.4. The molecule has 3 aromatic rings. The first kappa shape index (κ1) is 24.2. The van der Waals surface area contributed by atoms with Crippen LogP contribution in [-0.2, 0) is 28.1 Å². The Morgan fingerprint density at radius 3 is 2.53 bits per heavy atom. The van der Waals surface area contributed by atoms with E-state index in [2.05, 4.69) is 17.2 Å². The zero-order chi connectivity index (χ0) is 26.4. The number of aryl methyl sites for hydroxylation is 1. The highest BCUT2D eigenvalue weighted by Gasteiger charge is 2.56. The number of imide groups is 1. The fourth-order valence-electron chi connectivity index (χ4n) is 5.86. The van der Waals surface area contributed by atoms with Crippen molar-refractivity contribution in [3.8, 4) is 11.1 Å². The van der Waals surface area contributed by atoms with Gasteiger partial charge in [-0.25, -0.2) is 4.79 Å². The van der Waals surface area contributed by atoms with Crippen molar-refractivity contribution in [3.63, 3.8) is 0 Å². The number of benzene rings is 2. The Morgan fingerprint density at radius 1 is 1.05 bits per heavy atom. The summed E-state index contributed by atoms with van der Waals surface area (Å²) in [7, 11) is 0. The van der Waals surface area contributed by atoms with Crippen LogP contribution in [0.2, 0.25) is 0 Å². The molecular formula is C30H30N4O4. The zero-order valence-electron chi connectivity index (χ0n) is 21.3. The van der Waals surface area contributed by atoms with Crippen molar-refractivity contribution in [3.05, 3.63) is 93.9 Å². The minimum absolute atomic E-state index is 0.0379. The molecule has 2 fully saturated rings. The molecular weight excluding hydrogens is 480 g/mol. The number of hydrogen-bond acceptors (Lipinski definition) is 4. The molecule has 2 aliphatic carbocycles. The van der Waals surface area contributed by atoms with Crippen molar-refractivity contribution >= 4 is 17.8 Å². The van der Waals surface area contributed by atoms with E-state index in [-0.39, 0.29) is 30.0 Å². The number of amides is 4. The van der Waals surface area contributed by atoms with Crippen molar-refractivity contribution in [2.75, 3.05) is 6.54 Å². The van der Waals surface area contributed by atoms with Crippen molar-refractivity contribution in [2.24, 2.45) is 5.92 Å². The van der Waals surface area contributed by atoms with E-state index in [1.54, 1.807) is 12.3 Å². The minimum Gasteiger partial charge on any atom is -0.334 e. The lowest BCUT2D eigenvalue weighted by Crippen LogP contribution is -2.47. The van der Waals surface area contributed by atoms with Crippen molar-refractivity contribution in [2.45, 2.75) is 50.7 Å². The standard InChI is InChI=1S/C30H30N4O4/c1-19(21-7-8-21)33(17-20-5-3-2-4-6-20)27(36)18-34-28(37)30(32-29(34)38)14-13-23-15-22(9-11-25(23)30)24-10-12-26(35)31-16-24/h2-6,9-12,15-16,19,21H,7-8,13-14,17-18H2,1H3,(H,31,35)(H,32,38)/t19-,30?/m0/s1. The second kappa shape index (κ2) is 9.28. The highest BCUT2D eigenvalue weighted by atomic mass is 16.2. The summed E-state index contributed by atoms with van der Waals surface area (Å²) in [5.41, 5.74) is 3.23. The van der Waals surface area contributed by atoms with Crippen LogP contribution < -0.4 is 10.9 Å². The minimum atomic E-state index is -1.15. The summed E-state index contributed by atoms with van der Waals surface area (Å²) in [6, 6.07) is 18.3. The fourth-order valence-corrected chi connectivity index (χ4v) is 5.86. The number of nitrogens with zero attached hydrogens (tertiary/aromatic N) is 2. The van der Waals surface area contributed by atoms with Crippen molar-refractivity contribution in [1.82, 2.24) is 20.1 Å². The molecule has 38 heavy (non-hydrogen) atoms. The number of aromatic nitrogens is 1. The molecule has 4 amide bonds. The number of rotatable bonds is 7. The molecule has 3 aliphatic rings. The molecule has 194 valence electrons. The summed E-state index contributed by atoms with van der Waals surface area (Å²) in [6.45, 7) is 2.22. The van der Waals surface area contributed by atoms with Crippen LogP contribution in [0.4, 0.5) is 4.79 Å². The molecule has 0 radical (unpaired) electrons. The Labute approximate surface area is 220 Å². The SMILES string of the molecule is C[C@@H](C1CC1)N(Cc1ccccc1)C(=O)CN1C(=O)NC2(CCc3cc(-c4ccc(=O)[nH]c4)ccc32)C1=O. The summed E-state index contributed by atoms with van der Waals surface area (Å²) >= 11 is 0. The summed E-state index contributed by atoms with van der Waals surface area (Å²) in [5, 5.41) is 2.93. The Balaban J connectivity index is 1.23. The van der Waals surface area contributed by atoms with Gasteiger partial charge in [-0.1, -0.05) is 48.5 Å². The third-order valence-corrected chi connectivity index (χ3v) is 8.23. The largest absolute Gasteiger partial charge is 0.334 e. The van der Waals surface area contributed by atoms with Gasteiger partial charge in [0.2, 0.25) is 11.5 Å². The quantitative estimate of drug-likeness (QED) is 0.475. The number of nitrogens with one attached hydrogen (secondary N) is 2. The van der Waals surface area contributed by atoms with Gasteiger partial charge in [0, 0.05) is 24.8 Å². The number of pyridine rings is 1. The zero-order valence-corrected chi connectivity index (χ0v) is 21.3. The van der Waals surface area contributed by atoms with Gasteiger partial charge in [-0.2, -0.15) is 0 Å². The van der Waals surface area contributed by atoms with Crippen LogP contribution in [0.3, 0.4) is 0 Å². The molecule has 2 N–H and O–H groups in total. The number of fused-ring (bicyclic) bond motifs is 2. The lowest BCUT2D eigenvalue weighted by molar-refractivity contribution is -0.141. The van der Waals surface area contributed by atoms with Gasteiger partial charge in [0.15, 0.2) is 0 Å². The Bertz CT molecular complexity index is 1460. The average Bonchev–Trinajstić information content (AvgIpc) is 3.68. The monoisotopic (exact) mass is 510 g/mol. The third kappa shape index (κ3) is 4.20. The molecule has 1 unspecified atom stereocenters. The maximum Gasteiger partial charge on any atom is 0.325 e. The maximum absolute atomic E-state index is 13.8. The lowest BCUT2D eigenvalue weighted by atomic mass is 9.90. The first-order valence-electron chi connectivity index (χ1n) is 13.2. The van der Waals surface area contributed by atoms with Crippen LogP contribution in [-0.4, -0.2) is 45.2 Å². The number of urea groups is 1. The van der Waals surface area contributed by atoms with Gasteiger partial charge in [-0.3, -0.25) is 19.3 Å². The van der Waals surface area contributed by atoms with E-state index in [4.69, 9.17) is 0 Å². The second-order valence-corrected chi connectivity index (χ2v) is 10.6. The van der Waals surface area contributed by atoms with Crippen molar-refractivity contribution in [1.29, 1.82) is 0 Å². The summed E-state index contributed by atoms with van der Waals surface area (Å²) < 4.78 is 0. The van der Waals surface area contributed by atoms with E-state index >= 15 is 0 Å². The van der Waals surface area contributed by atoms with Crippen LogP contribution >= 0.6 is 0 Å². The van der Waals surface area contributed by atoms with E-state index in [9.17, 15) is 19.2 Å².